The minimum absolute atomic E-state index is 0.0555. The van der Waals surface area contributed by atoms with Crippen molar-refractivity contribution in [1.82, 2.24) is 0 Å². The van der Waals surface area contributed by atoms with Gasteiger partial charge in [-0.25, -0.2) is 0 Å². The number of hydrogen-bond donors (Lipinski definition) is 0. The van der Waals surface area contributed by atoms with Gasteiger partial charge < -0.3 is 9.57 Å². The molecule has 1 heterocycles. The van der Waals surface area contributed by atoms with Gasteiger partial charge in [-0.05, 0) is 23.8 Å². The van der Waals surface area contributed by atoms with Crippen LogP contribution in [-0.4, -0.2) is 23.8 Å². The Labute approximate surface area is 133 Å². The molecule has 23 heavy (non-hydrogen) atoms. The lowest BCUT2D eigenvalue weighted by molar-refractivity contribution is -0.385. The Morgan fingerprint density at radius 1 is 1.26 bits per heavy atom. The van der Waals surface area contributed by atoms with Gasteiger partial charge in [-0.2, -0.15) is 0 Å². The number of oxime groups is 1. The highest BCUT2D eigenvalue weighted by Gasteiger charge is 2.27. The van der Waals surface area contributed by atoms with Gasteiger partial charge in [0.05, 0.1) is 23.3 Å². The summed E-state index contributed by atoms with van der Waals surface area (Å²) >= 11 is 0. The van der Waals surface area contributed by atoms with E-state index in [1.807, 2.05) is 24.3 Å². The molecule has 0 aliphatic carbocycles. The van der Waals surface area contributed by atoms with E-state index in [1.54, 1.807) is 25.3 Å². The highest BCUT2D eigenvalue weighted by molar-refractivity contribution is 6.04. The molecule has 1 aliphatic rings. The molecule has 0 amide bonds. The Kier molecular flexibility index (Phi) is 4.23. The van der Waals surface area contributed by atoms with Crippen molar-refractivity contribution < 1.29 is 14.5 Å². The van der Waals surface area contributed by atoms with Gasteiger partial charge in [0.15, 0.2) is 0 Å². The number of rotatable bonds is 5. The van der Waals surface area contributed by atoms with Crippen molar-refractivity contribution in [1.29, 1.82) is 0 Å². The molecule has 0 fully saturated rings. The third-order valence-corrected chi connectivity index (χ3v) is 3.77. The van der Waals surface area contributed by atoms with Crippen LogP contribution in [0.5, 0.6) is 5.75 Å². The maximum Gasteiger partial charge on any atom is 0.278 e. The third-order valence-electron chi connectivity index (χ3n) is 3.77. The molecule has 6 nitrogen and oxygen atoms in total. The van der Waals surface area contributed by atoms with Crippen molar-refractivity contribution in [2.75, 3.05) is 7.11 Å². The number of nitro groups is 1. The summed E-state index contributed by atoms with van der Waals surface area (Å²) < 4.78 is 5.13. The van der Waals surface area contributed by atoms with E-state index in [0.717, 1.165) is 11.3 Å². The second kappa shape index (κ2) is 6.48. The summed E-state index contributed by atoms with van der Waals surface area (Å²) in [5.74, 6) is 0.804. The molecular weight excluding hydrogens is 296 g/mol. The van der Waals surface area contributed by atoms with Crippen LogP contribution in [0.2, 0.25) is 0 Å². The van der Waals surface area contributed by atoms with Crippen molar-refractivity contribution in [2.24, 2.45) is 5.16 Å². The first kappa shape index (κ1) is 15.0. The van der Waals surface area contributed by atoms with E-state index < -0.39 is 4.92 Å². The summed E-state index contributed by atoms with van der Waals surface area (Å²) in [7, 11) is 1.63. The average Bonchev–Trinajstić information content (AvgIpc) is 3.04. The predicted molar refractivity (Wildman–Crippen MR) is 85.8 cm³/mol. The van der Waals surface area contributed by atoms with Crippen LogP contribution in [0.25, 0.3) is 0 Å². The number of nitro benzene ring substituents is 1. The summed E-state index contributed by atoms with van der Waals surface area (Å²) in [6.45, 7) is 0. The first-order valence-corrected chi connectivity index (χ1v) is 7.27. The van der Waals surface area contributed by atoms with Crippen LogP contribution in [-0.2, 0) is 11.3 Å². The Bertz CT molecular complexity index is 741. The maximum absolute atomic E-state index is 11.1. The molecule has 1 unspecified atom stereocenters. The first-order valence-electron chi connectivity index (χ1n) is 7.27. The van der Waals surface area contributed by atoms with Crippen molar-refractivity contribution in [3.05, 3.63) is 69.8 Å². The van der Waals surface area contributed by atoms with Crippen molar-refractivity contribution >= 4 is 11.4 Å². The molecule has 0 bridgehead atoms. The van der Waals surface area contributed by atoms with E-state index in [-0.39, 0.29) is 11.8 Å². The summed E-state index contributed by atoms with van der Waals surface area (Å²) in [6, 6.07) is 14.3. The summed E-state index contributed by atoms with van der Waals surface area (Å²) in [4.78, 5) is 16.2. The third kappa shape index (κ3) is 3.31. The van der Waals surface area contributed by atoms with Crippen LogP contribution < -0.4 is 4.74 Å². The number of nitrogens with zero attached hydrogens (tertiary/aromatic N) is 2. The van der Waals surface area contributed by atoms with Crippen LogP contribution in [0, 0.1) is 10.1 Å². The van der Waals surface area contributed by atoms with Crippen molar-refractivity contribution in [2.45, 2.75) is 18.9 Å². The number of ether oxygens (including phenoxy) is 1. The van der Waals surface area contributed by atoms with Gasteiger partial charge in [-0.3, -0.25) is 10.1 Å². The molecule has 1 aliphatic heterocycles. The molecule has 1 atom stereocenters. The highest BCUT2D eigenvalue weighted by atomic mass is 16.6. The standard InChI is InChI=1S/C17H16N2O4/c1-22-13-8-6-12(7-9-13)10-14-11-16(18-23-14)15-4-2-3-5-17(15)19(20)21/h2-9,14H,10-11H2,1H3. The van der Waals surface area contributed by atoms with Crippen molar-refractivity contribution in [3.63, 3.8) is 0 Å². The Balaban J connectivity index is 1.69. The number of hydrogen-bond acceptors (Lipinski definition) is 5. The van der Waals surface area contributed by atoms with Crippen molar-refractivity contribution in [3.8, 4) is 5.75 Å². The largest absolute Gasteiger partial charge is 0.497 e. The summed E-state index contributed by atoms with van der Waals surface area (Å²) in [5, 5.41) is 15.2. The molecule has 0 aromatic heterocycles. The zero-order valence-corrected chi connectivity index (χ0v) is 12.6. The van der Waals surface area contributed by atoms with E-state index in [1.165, 1.54) is 6.07 Å². The molecule has 0 N–H and O–H groups in total. The molecule has 0 saturated carbocycles. The fraction of sp³-hybridized carbons (Fsp3) is 0.235. The molecule has 118 valence electrons. The fourth-order valence-electron chi connectivity index (χ4n) is 2.60. The number of para-hydroxylation sites is 1. The molecule has 2 aromatic carbocycles. The smallest absolute Gasteiger partial charge is 0.278 e. The molecule has 0 spiro atoms. The predicted octanol–water partition coefficient (Wildman–Crippen LogP) is 3.34. The lowest BCUT2D eigenvalue weighted by atomic mass is 9.99. The van der Waals surface area contributed by atoms with Gasteiger partial charge >= 0.3 is 0 Å². The monoisotopic (exact) mass is 312 g/mol. The van der Waals surface area contributed by atoms with Gasteiger partial charge in [-0.15, -0.1) is 0 Å². The molecule has 0 saturated heterocycles. The van der Waals surface area contributed by atoms with E-state index in [4.69, 9.17) is 9.57 Å². The zero-order valence-electron chi connectivity index (χ0n) is 12.6. The topological polar surface area (TPSA) is 74.0 Å². The quantitative estimate of drug-likeness (QED) is 0.627. The summed E-state index contributed by atoms with van der Waals surface area (Å²) in [6.07, 6.45) is 1.13. The van der Waals surface area contributed by atoms with Crippen LogP contribution >= 0.6 is 0 Å². The van der Waals surface area contributed by atoms with Crippen LogP contribution in [0.4, 0.5) is 5.69 Å². The maximum atomic E-state index is 11.1. The Morgan fingerprint density at radius 2 is 2.00 bits per heavy atom. The molecule has 2 aromatic rings. The average molecular weight is 312 g/mol. The minimum Gasteiger partial charge on any atom is -0.497 e. The number of methoxy groups -OCH3 is 1. The lowest BCUT2D eigenvalue weighted by Gasteiger charge is -2.08. The van der Waals surface area contributed by atoms with E-state index in [9.17, 15) is 10.1 Å². The van der Waals surface area contributed by atoms with Crippen LogP contribution in [0.3, 0.4) is 0 Å². The SMILES string of the molecule is COc1ccc(CC2CC(c3ccccc3[N+](=O)[O-])=NO2)cc1. The Morgan fingerprint density at radius 3 is 2.70 bits per heavy atom. The molecule has 0 radical (unpaired) electrons. The molecule has 6 heteroatoms. The van der Waals surface area contributed by atoms with Gasteiger partial charge in [0.2, 0.25) is 0 Å². The number of benzene rings is 2. The van der Waals surface area contributed by atoms with Gasteiger partial charge in [-0.1, -0.05) is 29.4 Å². The normalized spacial score (nSPS) is 16.6. The summed E-state index contributed by atoms with van der Waals surface area (Å²) in [5.41, 5.74) is 2.31. The van der Waals surface area contributed by atoms with Gasteiger partial charge in [0, 0.05) is 18.9 Å². The van der Waals surface area contributed by atoms with E-state index >= 15 is 0 Å². The Hall–Kier alpha value is -2.89. The van der Waals surface area contributed by atoms with Crippen LogP contribution in [0.15, 0.2) is 53.7 Å². The second-order valence-electron chi connectivity index (χ2n) is 5.30. The minimum atomic E-state index is -0.394. The fourth-order valence-corrected chi connectivity index (χ4v) is 2.60. The van der Waals surface area contributed by atoms with Gasteiger partial charge in [0.1, 0.15) is 11.9 Å². The zero-order chi connectivity index (χ0) is 16.2. The van der Waals surface area contributed by atoms with Crippen LogP contribution in [0.1, 0.15) is 17.5 Å². The van der Waals surface area contributed by atoms with E-state index in [2.05, 4.69) is 5.16 Å². The first-order chi connectivity index (χ1) is 11.2. The van der Waals surface area contributed by atoms with Gasteiger partial charge in [0.25, 0.3) is 5.69 Å². The molecule has 3 rings (SSSR count). The van der Waals surface area contributed by atoms with E-state index in [0.29, 0.717) is 24.1 Å². The lowest BCUT2D eigenvalue weighted by Crippen LogP contribution is -2.12. The highest BCUT2D eigenvalue weighted by Crippen LogP contribution is 2.26. The second-order valence-corrected chi connectivity index (χ2v) is 5.30. The molecular formula is C17H16N2O4.